The summed E-state index contributed by atoms with van der Waals surface area (Å²) >= 11 is 0. The first kappa shape index (κ1) is 17.0. The molecule has 0 aromatic heterocycles. The van der Waals surface area contributed by atoms with Gasteiger partial charge in [0.1, 0.15) is 0 Å². The summed E-state index contributed by atoms with van der Waals surface area (Å²) in [5, 5.41) is 2.57. The lowest BCUT2D eigenvalue weighted by molar-refractivity contribution is -0.137. The van der Waals surface area contributed by atoms with Gasteiger partial charge in [-0.3, -0.25) is 4.79 Å². The zero-order valence-electron chi connectivity index (χ0n) is 11.9. The zero-order chi connectivity index (χ0) is 16.3. The molecule has 0 radical (unpaired) electrons. The highest BCUT2D eigenvalue weighted by Crippen LogP contribution is 2.29. The number of alkyl halides is 3. The second-order valence-corrected chi connectivity index (χ2v) is 5.45. The molecule has 1 aromatic rings. The minimum absolute atomic E-state index is 0.256. The second-order valence-electron chi connectivity index (χ2n) is 5.45. The summed E-state index contributed by atoms with van der Waals surface area (Å²) in [5.74, 6) is -1.51. The average Bonchev–Trinajstić information content (AvgIpc) is 2.33. The van der Waals surface area contributed by atoms with Crippen LogP contribution in [0.25, 0.3) is 0 Å². The van der Waals surface area contributed by atoms with Crippen molar-refractivity contribution in [2.75, 3.05) is 6.61 Å². The number of carbonyl (C=O) groups excluding carboxylic acids is 2. The molecule has 0 heterocycles. The standard InChI is InChI=1S/C14H16F3NO3/c1-13(2,3)18-11(19)8-21-12(20)9-5-4-6-10(7-9)14(15,16)17/h4-7H,8H2,1-3H3,(H,18,19). The number of benzene rings is 1. The van der Waals surface area contributed by atoms with Gasteiger partial charge in [-0.1, -0.05) is 6.07 Å². The normalized spacial score (nSPS) is 11.9. The zero-order valence-corrected chi connectivity index (χ0v) is 11.9. The Labute approximate surface area is 120 Å². The molecule has 0 saturated carbocycles. The van der Waals surface area contributed by atoms with E-state index in [-0.39, 0.29) is 5.56 Å². The summed E-state index contributed by atoms with van der Waals surface area (Å²) in [4.78, 5) is 23.1. The Morgan fingerprint density at radius 2 is 1.81 bits per heavy atom. The molecule has 0 fully saturated rings. The second kappa shape index (κ2) is 6.15. The van der Waals surface area contributed by atoms with Crippen LogP contribution in [0.15, 0.2) is 24.3 Å². The number of halogens is 3. The maximum absolute atomic E-state index is 12.5. The number of hydrogen-bond acceptors (Lipinski definition) is 3. The molecule has 0 aliphatic carbocycles. The van der Waals surface area contributed by atoms with Gasteiger partial charge < -0.3 is 10.1 Å². The molecule has 0 bridgehead atoms. The number of amides is 1. The van der Waals surface area contributed by atoms with Gasteiger partial charge >= 0.3 is 12.1 Å². The van der Waals surface area contributed by atoms with E-state index in [1.165, 1.54) is 6.07 Å². The maximum Gasteiger partial charge on any atom is 0.416 e. The molecule has 4 nitrogen and oxygen atoms in total. The third-order valence-corrected chi connectivity index (χ3v) is 2.27. The fraction of sp³-hybridized carbons (Fsp3) is 0.429. The van der Waals surface area contributed by atoms with E-state index in [0.29, 0.717) is 6.07 Å². The number of esters is 1. The van der Waals surface area contributed by atoms with E-state index in [9.17, 15) is 22.8 Å². The molecule has 1 rings (SSSR count). The van der Waals surface area contributed by atoms with Crippen molar-refractivity contribution < 1.29 is 27.5 Å². The van der Waals surface area contributed by atoms with Crippen LogP contribution in [0.5, 0.6) is 0 Å². The van der Waals surface area contributed by atoms with Crippen molar-refractivity contribution in [3.05, 3.63) is 35.4 Å². The van der Waals surface area contributed by atoms with Crippen LogP contribution >= 0.6 is 0 Å². The predicted molar refractivity (Wildman–Crippen MR) is 69.6 cm³/mol. The van der Waals surface area contributed by atoms with Gasteiger partial charge in [-0.25, -0.2) is 4.79 Å². The van der Waals surface area contributed by atoms with Gasteiger partial charge in [-0.15, -0.1) is 0 Å². The predicted octanol–water partition coefficient (Wildman–Crippen LogP) is 2.78. The Morgan fingerprint density at radius 1 is 1.19 bits per heavy atom. The van der Waals surface area contributed by atoms with Crippen molar-refractivity contribution >= 4 is 11.9 Å². The molecule has 0 unspecified atom stereocenters. The van der Waals surface area contributed by atoms with Gasteiger partial charge in [0, 0.05) is 5.54 Å². The van der Waals surface area contributed by atoms with Gasteiger partial charge in [-0.2, -0.15) is 13.2 Å². The van der Waals surface area contributed by atoms with Gasteiger partial charge in [0.2, 0.25) is 0 Å². The Bertz CT molecular complexity index is 533. The smallest absolute Gasteiger partial charge is 0.416 e. The number of carbonyl (C=O) groups is 2. The van der Waals surface area contributed by atoms with Gasteiger partial charge in [-0.05, 0) is 39.0 Å². The van der Waals surface area contributed by atoms with Gasteiger partial charge in [0.05, 0.1) is 11.1 Å². The Balaban J connectivity index is 2.67. The third kappa shape index (κ3) is 5.85. The lowest BCUT2D eigenvalue weighted by Crippen LogP contribution is -2.42. The first-order chi connectivity index (χ1) is 9.49. The number of nitrogens with one attached hydrogen (secondary N) is 1. The van der Waals surface area contributed by atoms with Crippen LogP contribution in [0.3, 0.4) is 0 Å². The van der Waals surface area contributed by atoms with Gasteiger partial charge in [0.15, 0.2) is 6.61 Å². The Hall–Kier alpha value is -2.05. The summed E-state index contributed by atoms with van der Waals surface area (Å²) in [6.07, 6.45) is -4.54. The number of rotatable bonds is 3. The van der Waals surface area contributed by atoms with Crippen LogP contribution < -0.4 is 5.32 Å². The van der Waals surface area contributed by atoms with E-state index in [2.05, 4.69) is 10.1 Å². The fourth-order valence-corrected chi connectivity index (χ4v) is 1.49. The van der Waals surface area contributed by atoms with E-state index in [1.807, 2.05) is 0 Å². The molecule has 0 atom stereocenters. The summed E-state index contributed by atoms with van der Waals surface area (Å²) in [6.45, 7) is 4.70. The molecular weight excluding hydrogens is 287 g/mol. The van der Waals surface area contributed by atoms with E-state index in [4.69, 9.17) is 0 Å². The van der Waals surface area contributed by atoms with Gasteiger partial charge in [0.25, 0.3) is 5.91 Å². The minimum Gasteiger partial charge on any atom is -0.452 e. The quantitative estimate of drug-likeness (QED) is 0.874. The molecule has 1 N–H and O–H groups in total. The molecule has 7 heteroatoms. The molecule has 0 aliphatic heterocycles. The molecule has 0 aliphatic rings. The van der Waals surface area contributed by atoms with Crippen LogP contribution in [-0.2, 0) is 15.7 Å². The highest BCUT2D eigenvalue weighted by Gasteiger charge is 2.31. The average molecular weight is 303 g/mol. The molecule has 0 spiro atoms. The molecule has 1 amide bonds. The topological polar surface area (TPSA) is 55.4 Å². The van der Waals surface area contributed by atoms with Crippen LogP contribution in [0.4, 0.5) is 13.2 Å². The first-order valence-corrected chi connectivity index (χ1v) is 6.14. The van der Waals surface area contributed by atoms with Crippen LogP contribution in [0, 0.1) is 0 Å². The van der Waals surface area contributed by atoms with Crippen molar-refractivity contribution in [2.24, 2.45) is 0 Å². The van der Waals surface area contributed by atoms with Crippen molar-refractivity contribution in [1.82, 2.24) is 5.32 Å². The van der Waals surface area contributed by atoms with E-state index >= 15 is 0 Å². The Kier molecular flexibility index (Phi) is 4.98. The lowest BCUT2D eigenvalue weighted by atomic mass is 10.1. The largest absolute Gasteiger partial charge is 0.452 e. The summed E-state index contributed by atoms with van der Waals surface area (Å²) in [7, 11) is 0. The summed E-state index contributed by atoms with van der Waals surface area (Å²) in [5.41, 5.74) is -1.69. The fourth-order valence-electron chi connectivity index (χ4n) is 1.49. The number of ether oxygens (including phenoxy) is 1. The maximum atomic E-state index is 12.5. The van der Waals surface area contributed by atoms with Crippen LogP contribution in [0.2, 0.25) is 0 Å². The van der Waals surface area contributed by atoms with E-state index < -0.39 is 35.8 Å². The highest BCUT2D eigenvalue weighted by molar-refractivity contribution is 5.91. The van der Waals surface area contributed by atoms with Crippen LogP contribution in [0.1, 0.15) is 36.7 Å². The third-order valence-electron chi connectivity index (χ3n) is 2.27. The minimum atomic E-state index is -4.54. The lowest BCUT2D eigenvalue weighted by Gasteiger charge is -2.20. The van der Waals surface area contributed by atoms with Crippen molar-refractivity contribution in [3.63, 3.8) is 0 Å². The molecule has 1 aromatic carbocycles. The molecule has 116 valence electrons. The molecule has 21 heavy (non-hydrogen) atoms. The summed E-state index contributed by atoms with van der Waals surface area (Å²) < 4.78 is 42.2. The number of hydrogen-bond donors (Lipinski definition) is 1. The highest BCUT2D eigenvalue weighted by atomic mass is 19.4. The van der Waals surface area contributed by atoms with E-state index in [1.54, 1.807) is 20.8 Å². The van der Waals surface area contributed by atoms with Crippen molar-refractivity contribution in [1.29, 1.82) is 0 Å². The van der Waals surface area contributed by atoms with Crippen LogP contribution in [-0.4, -0.2) is 24.0 Å². The molecular formula is C14H16F3NO3. The SMILES string of the molecule is CC(C)(C)NC(=O)COC(=O)c1cccc(C(F)(F)F)c1. The molecule has 0 saturated heterocycles. The Morgan fingerprint density at radius 3 is 2.33 bits per heavy atom. The van der Waals surface area contributed by atoms with Crippen molar-refractivity contribution in [3.8, 4) is 0 Å². The van der Waals surface area contributed by atoms with Crippen molar-refractivity contribution in [2.45, 2.75) is 32.5 Å². The summed E-state index contributed by atoms with van der Waals surface area (Å²) in [6, 6.07) is 3.83. The monoisotopic (exact) mass is 303 g/mol. The first-order valence-electron chi connectivity index (χ1n) is 6.14. The van der Waals surface area contributed by atoms with E-state index in [0.717, 1.165) is 12.1 Å².